The Bertz CT molecular complexity index is 366. The van der Waals surface area contributed by atoms with E-state index in [9.17, 15) is 4.79 Å². The third-order valence-electron chi connectivity index (χ3n) is 2.23. The molecule has 0 aromatic heterocycles. The summed E-state index contributed by atoms with van der Waals surface area (Å²) in [7, 11) is 0. The SMILES string of the molecule is CCCCCOC(=O)c1cccc(N)c1Br. The lowest BCUT2D eigenvalue weighted by Gasteiger charge is -2.07. The summed E-state index contributed by atoms with van der Waals surface area (Å²) in [5.74, 6) is -0.324. The summed E-state index contributed by atoms with van der Waals surface area (Å²) < 4.78 is 5.75. The lowest BCUT2D eigenvalue weighted by molar-refractivity contribution is 0.0497. The van der Waals surface area contributed by atoms with E-state index in [1.54, 1.807) is 18.2 Å². The van der Waals surface area contributed by atoms with Crippen molar-refractivity contribution in [3.8, 4) is 0 Å². The summed E-state index contributed by atoms with van der Waals surface area (Å²) in [6.07, 6.45) is 3.09. The molecule has 0 spiro atoms. The molecule has 0 saturated carbocycles. The predicted molar refractivity (Wildman–Crippen MR) is 68.4 cm³/mol. The normalized spacial score (nSPS) is 10.1. The summed E-state index contributed by atoms with van der Waals surface area (Å²) in [4.78, 5) is 11.7. The zero-order valence-corrected chi connectivity index (χ0v) is 10.9. The molecule has 0 fully saturated rings. The second-order valence-electron chi connectivity index (χ2n) is 3.55. The molecule has 1 aromatic rings. The third-order valence-corrected chi connectivity index (χ3v) is 3.11. The van der Waals surface area contributed by atoms with E-state index in [1.807, 2.05) is 0 Å². The molecule has 0 aliphatic carbocycles. The number of nitrogen functional groups attached to an aromatic ring is 1. The largest absolute Gasteiger partial charge is 0.462 e. The number of rotatable bonds is 5. The molecule has 1 rings (SSSR count). The van der Waals surface area contributed by atoms with Gasteiger partial charge in [0.15, 0.2) is 0 Å². The molecule has 3 nitrogen and oxygen atoms in total. The highest BCUT2D eigenvalue weighted by atomic mass is 79.9. The molecule has 0 unspecified atom stereocenters. The summed E-state index contributed by atoms with van der Waals surface area (Å²) >= 11 is 3.28. The van der Waals surface area contributed by atoms with Crippen LogP contribution in [0.5, 0.6) is 0 Å². The maximum absolute atomic E-state index is 11.7. The van der Waals surface area contributed by atoms with Gasteiger partial charge in [-0.2, -0.15) is 0 Å². The van der Waals surface area contributed by atoms with Gasteiger partial charge in [0, 0.05) is 5.69 Å². The van der Waals surface area contributed by atoms with Crippen molar-refractivity contribution in [3.63, 3.8) is 0 Å². The number of nitrogens with two attached hydrogens (primary N) is 1. The first-order valence-corrected chi connectivity index (χ1v) is 6.17. The Morgan fingerprint density at radius 1 is 1.44 bits per heavy atom. The molecule has 4 heteroatoms. The summed E-state index contributed by atoms with van der Waals surface area (Å²) in [6.45, 7) is 2.57. The van der Waals surface area contributed by atoms with Crippen molar-refractivity contribution in [3.05, 3.63) is 28.2 Å². The second kappa shape index (κ2) is 6.53. The van der Waals surface area contributed by atoms with E-state index in [1.165, 1.54) is 0 Å². The van der Waals surface area contributed by atoms with Crippen LogP contribution in [0, 0.1) is 0 Å². The van der Waals surface area contributed by atoms with Crippen molar-refractivity contribution in [2.75, 3.05) is 12.3 Å². The quantitative estimate of drug-likeness (QED) is 0.513. The maximum atomic E-state index is 11.7. The van der Waals surface area contributed by atoms with Crippen LogP contribution < -0.4 is 5.73 Å². The minimum absolute atomic E-state index is 0.324. The molecular formula is C12H16BrNO2. The van der Waals surface area contributed by atoms with Gasteiger partial charge in [-0.1, -0.05) is 25.8 Å². The Morgan fingerprint density at radius 2 is 2.19 bits per heavy atom. The number of halogens is 1. The van der Waals surface area contributed by atoms with Crippen LogP contribution in [-0.2, 0) is 4.74 Å². The smallest absolute Gasteiger partial charge is 0.339 e. The van der Waals surface area contributed by atoms with Crippen LogP contribution in [0.4, 0.5) is 5.69 Å². The van der Waals surface area contributed by atoms with Crippen LogP contribution in [0.25, 0.3) is 0 Å². The van der Waals surface area contributed by atoms with Gasteiger partial charge in [0.2, 0.25) is 0 Å². The average molecular weight is 286 g/mol. The van der Waals surface area contributed by atoms with Gasteiger partial charge >= 0.3 is 5.97 Å². The molecule has 0 saturated heterocycles. The second-order valence-corrected chi connectivity index (χ2v) is 4.34. The maximum Gasteiger partial charge on any atom is 0.339 e. The van der Waals surface area contributed by atoms with Gasteiger partial charge in [-0.25, -0.2) is 4.79 Å². The fourth-order valence-corrected chi connectivity index (χ4v) is 1.73. The number of hydrogen-bond donors (Lipinski definition) is 1. The molecule has 0 atom stereocenters. The summed E-state index contributed by atoms with van der Waals surface area (Å²) in [5, 5.41) is 0. The molecule has 0 aliphatic heterocycles. The standard InChI is InChI=1S/C12H16BrNO2/c1-2-3-4-8-16-12(15)9-6-5-7-10(14)11(9)13/h5-7H,2-4,8,14H2,1H3. The minimum Gasteiger partial charge on any atom is -0.462 e. The Hall–Kier alpha value is -1.03. The van der Waals surface area contributed by atoms with E-state index in [4.69, 9.17) is 10.5 Å². The number of carbonyl (C=O) groups is 1. The van der Waals surface area contributed by atoms with Crippen LogP contribution in [0.15, 0.2) is 22.7 Å². The minimum atomic E-state index is -0.324. The number of unbranched alkanes of at least 4 members (excludes halogenated alkanes) is 2. The van der Waals surface area contributed by atoms with Gasteiger partial charge in [0.1, 0.15) is 0 Å². The molecule has 1 aromatic carbocycles. The number of anilines is 1. The van der Waals surface area contributed by atoms with Gasteiger partial charge < -0.3 is 10.5 Å². The fourth-order valence-electron chi connectivity index (χ4n) is 1.30. The van der Waals surface area contributed by atoms with Crippen molar-refractivity contribution in [1.29, 1.82) is 0 Å². The lowest BCUT2D eigenvalue weighted by Crippen LogP contribution is -2.08. The number of benzene rings is 1. The molecule has 0 amide bonds. The topological polar surface area (TPSA) is 52.3 Å². The number of carbonyl (C=O) groups excluding carboxylic acids is 1. The number of ether oxygens (including phenoxy) is 1. The zero-order valence-electron chi connectivity index (χ0n) is 9.33. The van der Waals surface area contributed by atoms with E-state index in [0.717, 1.165) is 19.3 Å². The Labute approximate surface area is 104 Å². The van der Waals surface area contributed by atoms with Crippen molar-refractivity contribution in [1.82, 2.24) is 0 Å². The van der Waals surface area contributed by atoms with Gasteiger partial charge in [0.25, 0.3) is 0 Å². The first-order chi connectivity index (χ1) is 7.66. The fraction of sp³-hybridized carbons (Fsp3) is 0.417. The van der Waals surface area contributed by atoms with Crippen molar-refractivity contribution in [2.45, 2.75) is 26.2 Å². The third kappa shape index (κ3) is 3.52. The molecule has 88 valence electrons. The number of esters is 1. The summed E-state index contributed by atoms with van der Waals surface area (Å²) in [5.41, 5.74) is 6.71. The monoisotopic (exact) mass is 285 g/mol. The zero-order chi connectivity index (χ0) is 12.0. The van der Waals surface area contributed by atoms with Crippen LogP contribution in [0.2, 0.25) is 0 Å². The van der Waals surface area contributed by atoms with E-state index in [0.29, 0.717) is 22.3 Å². The Morgan fingerprint density at radius 3 is 2.88 bits per heavy atom. The molecule has 0 bridgehead atoms. The highest BCUT2D eigenvalue weighted by Gasteiger charge is 2.12. The van der Waals surface area contributed by atoms with Crippen LogP contribution in [0.3, 0.4) is 0 Å². The van der Waals surface area contributed by atoms with Gasteiger partial charge in [-0.15, -0.1) is 0 Å². The van der Waals surface area contributed by atoms with Gasteiger partial charge in [-0.05, 0) is 34.5 Å². The average Bonchev–Trinajstić information content (AvgIpc) is 2.28. The Balaban J connectivity index is 2.56. The molecule has 2 N–H and O–H groups in total. The van der Waals surface area contributed by atoms with Crippen molar-refractivity contribution >= 4 is 27.6 Å². The molecular weight excluding hydrogens is 270 g/mol. The molecule has 16 heavy (non-hydrogen) atoms. The highest BCUT2D eigenvalue weighted by molar-refractivity contribution is 9.10. The van der Waals surface area contributed by atoms with Gasteiger partial charge in [-0.3, -0.25) is 0 Å². The van der Waals surface area contributed by atoms with Crippen LogP contribution in [0.1, 0.15) is 36.5 Å². The van der Waals surface area contributed by atoms with E-state index in [2.05, 4.69) is 22.9 Å². The molecule has 0 heterocycles. The number of hydrogen-bond acceptors (Lipinski definition) is 3. The van der Waals surface area contributed by atoms with Crippen molar-refractivity contribution in [2.24, 2.45) is 0 Å². The van der Waals surface area contributed by atoms with E-state index < -0.39 is 0 Å². The predicted octanol–water partition coefficient (Wildman–Crippen LogP) is 3.38. The first-order valence-electron chi connectivity index (χ1n) is 5.38. The Kier molecular flexibility index (Phi) is 5.32. The lowest BCUT2D eigenvalue weighted by atomic mass is 10.2. The summed E-state index contributed by atoms with van der Waals surface area (Å²) in [6, 6.07) is 5.17. The van der Waals surface area contributed by atoms with E-state index in [-0.39, 0.29) is 5.97 Å². The van der Waals surface area contributed by atoms with E-state index >= 15 is 0 Å². The molecule has 0 radical (unpaired) electrons. The van der Waals surface area contributed by atoms with Gasteiger partial charge in [0.05, 0.1) is 16.6 Å². The highest BCUT2D eigenvalue weighted by Crippen LogP contribution is 2.24. The van der Waals surface area contributed by atoms with Crippen LogP contribution in [-0.4, -0.2) is 12.6 Å². The molecule has 0 aliphatic rings. The van der Waals surface area contributed by atoms with Crippen molar-refractivity contribution < 1.29 is 9.53 Å². The van der Waals surface area contributed by atoms with Crippen LogP contribution >= 0.6 is 15.9 Å². The first kappa shape index (κ1) is 13.0.